The largest absolute Gasteiger partial charge is 0.382 e. The van der Waals surface area contributed by atoms with Crippen molar-refractivity contribution in [3.63, 3.8) is 0 Å². The van der Waals surface area contributed by atoms with Crippen LogP contribution in [0.25, 0.3) is 0 Å². The highest BCUT2D eigenvalue weighted by atomic mass is 16.6. The second-order valence-corrected chi connectivity index (χ2v) is 7.24. The molecule has 2 amide bonds. The highest BCUT2D eigenvalue weighted by Crippen LogP contribution is 2.18. The number of rotatable bonds is 8. The van der Waals surface area contributed by atoms with Crippen LogP contribution in [0.15, 0.2) is 59.8 Å². The lowest BCUT2D eigenvalue weighted by Crippen LogP contribution is -2.51. The zero-order valence-corrected chi connectivity index (χ0v) is 16.9. The molecule has 29 heavy (non-hydrogen) atoms. The molecule has 0 aliphatic carbocycles. The van der Waals surface area contributed by atoms with Crippen molar-refractivity contribution in [2.45, 2.75) is 45.3 Å². The Labute approximate surface area is 171 Å². The number of nitrogens with zero attached hydrogens (tertiary/aromatic N) is 1. The molecule has 2 N–H and O–H groups in total. The van der Waals surface area contributed by atoms with E-state index in [1.807, 2.05) is 68.4 Å². The number of hydrogen-bond acceptors (Lipinski definition) is 4. The molecule has 0 unspecified atom stereocenters. The minimum Gasteiger partial charge on any atom is -0.382 e. The van der Waals surface area contributed by atoms with Gasteiger partial charge in [0.1, 0.15) is 6.04 Å². The molecule has 0 fully saturated rings. The Morgan fingerprint density at radius 2 is 1.86 bits per heavy atom. The van der Waals surface area contributed by atoms with E-state index in [9.17, 15) is 9.59 Å². The van der Waals surface area contributed by atoms with Gasteiger partial charge in [0, 0.05) is 19.4 Å². The van der Waals surface area contributed by atoms with E-state index in [-0.39, 0.29) is 11.8 Å². The van der Waals surface area contributed by atoms with Crippen LogP contribution in [0.2, 0.25) is 0 Å². The van der Waals surface area contributed by atoms with E-state index in [0.29, 0.717) is 19.4 Å². The van der Waals surface area contributed by atoms with Gasteiger partial charge in [0.25, 0.3) is 5.91 Å². The van der Waals surface area contributed by atoms with Gasteiger partial charge in [-0.05, 0) is 24.5 Å². The summed E-state index contributed by atoms with van der Waals surface area (Å²) in [7, 11) is 0. The third-order valence-electron chi connectivity index (χ3n) is 4.81. The number of carbonyl (C=O) groups is 2. The van der Waals surface area contributed by atoms with Crippen molar-refractivity contribution in [2.24, 2.45) is 5.16 Å². The van der Waals surface area contributed by atoms with Crippen LogP contribution >= 0.6 is 0 Å². The average molecular weight is 393 g/mol. The number of aryl methyl sites for hydroxylation is 1. The Balaban J connectivity index is 1.63. The predicted octanol–water partition coefficient (Wildman–Crippen LogP) is 2.74. The Morgan fingerprint density at radius 1 is 1.14 bits per heavy atom. The second-order valence-electron chi connectivity index (χ2n) is 7.24. The number of amides is 2. The topological polar surface area (TPSA) is 79.8 Å². The molecule has 1 heterocycles. The smallest absolute Gasteiger partial charge is 0.265 e. The zero-order valence-electron chi connectivity index (χ0n) is 16.9. The minimum absolute atomic E-state index is 0.193. The van der Waals surface area contributed by atoms with Gasteiger partial charge in [-0.3, -0.25) is 9.59 Å². The molecule has 0 radical (unpaired) electrons. The molecule has 0 saturated heterocycles. The first-order chi connectivity index (χ1) is 14.1. The van der Waals surface area contributed by atoms with E-state index in [2.05, 4.69) is 15.8 Å². The molecule has 0 spiro atoms. The zero-order chi connectivity index (χ0) is 20.6. The molecule has 6 nitrogen and oxygen atoms in total. The lowest BCUT2D eigenvalue weighted by molar-refractivity contribution is -0.135. The highest BCUT2D eigenvalue weighted by molar-refractivity contribution is 6.04. The van der Waals surface area contributed by atoms with Crippen LogP contribution in [0.4, 0.5) is 0 Å². The van der Waals surface area contributed by atoms with Crippen LogP contribution in [0.3, 0.4) is 0 Å². The molecule has 6 heteroatoms. The van der Waals surface area contributed by atoms with Crippen molar-refractivity contribution in [1.29, 1.82) is 0 Å². The Hall–Kier alpha value is -3.15. The predicted molar refractivity (Wildman–Crippen MR) is 113 cm³/mol. The summed E-state index contributed by atoms with van der Waals surface area (Å²) in [5.41, 5.74) is 3.81. The van der Waals surface area contributed by atoms with Crippen molar-refractivity contribution >= 4 is 17.5 Å². The number of hydrogen-bond donors (Lipinski definition) is 2. The first-order valence-electron chi connectivity index (χ1n) is 9.98. The Morgan fingerprint density at radius 3 is 2.55 bits per heavy atom. The molecular formula is C23H27N3O3. The van der Waals surface area contributed by atoms with Gasteiger partial charge in [-0.1, -0.05) is 72.2 Å². The third kappa shape index (κ3) is 5.67. The van der Waals surface area contributed by atoms with Crippen LogP contribution in [0.5, 0.6) is 0 Å². The molecule has 152 valence electrons. The van der Waals surface area contributed by atoms with Gasteiger partial charge in [0.15, 0.2) is 0 Å². The van der Waals surface area contributed by atoms with E-state index < -0.39 is 12.1 Å². The average Bonchev–Trinajstić information content (AvgIpc) is 3.23. The molecule has 1 aliphatic rings. The lowest BCUT2D eigenvalue weighted by Gasteiger charge is -2.20. The van der Waals surface area contributed by atoms with E-state index >= 15 is 0 Å². The van der Waals surface area contributed by atoms with Crippen molar-refractivity contribution < 1.29 is 14.4 Å². The van der Waals surface area contributed by atoms with Gasteiger partial charge >= 0.3 is 0 Å². The first kappa shape index (κ1) is 20.6. The molecule has 0 bridgehead atoms. The van der Waals surface area contributed by atoms with Crippen LogP contribution in [-0.4, -0.2) is 36.2 Å². The molecule has 1 aliphatic heterocycles. The van der Waals surface area contributed by atoms with Crippen LogP contribution in [0, 0.1) is 6.92 Å². The first-order valence-corrected chi connectivity index (χ1v) is 9.98. The van der Waals surface area contributed by atoms with E-state index in [1.165, 1.54) is 0 Å². The van der Waals surface area contributed by atoms with E-state index in [4.69, 9.17) is 4.84 Å². The minimum atomic E-state index is -0.733. The standard InChI is InChI=1S/C23H27N3O3/c1-3-13-24-22(27)20(14-17-7-5-4-6-8-17)25-23(28)21-15-19(26-29-21)18-11-9-16(2)10-12-18/h4-12,20-21H,3,13-15H2,1-2H3,(H,24,27)(H,25,28)/t20-,21+/m1/s1. The van der Waals surface area contributed by atoms with Crippen LogP contribution < -0.4 is 10.6 Å². The summed E-state index contributed by atoms with van der Waals surface area (Å²) in [6, 6.07) is 16.9. The molecule has 2 aromatic carbocycles. The monoisotopic (exact) mass is 393 g/mol. The van der Waals surface area contributed by atoms with Crippen molar-refractivity contribution in [1.82, 2.24) is 10.6 Å². The molecule has 2 atom stereocenters. The Bertz CT molecular complexity index is 863. The van der Waals surface area contributed by atoms with Crippen molar-refractivity contribution in [3.8, 4) is 0 Å². The van der Waals surface area contributed by atoms with Crippen LogP contribution in [0.1, 0.15) is 36.5 Å². The highest BCUT2D eigenvalue weighted by Gasteiger charge is 2.32. The Kier molecular flexibility index (Phi) is 7.00. The summed E-state index contributed by atoms with van der Waals surface area (Å²) in [5.74, 6) is -0.523. The number of carbonyl (C=O) groups excluding carboxylic acids is 2. The quantitative estimate of drug-likeness (QED) is 0.724. The fraction of sp³-hybridized carbons (Fsp3) is 0.348. The SMILES string of the molecule is CCCNC(=O)[C@@H](Cc1ccccc1)NC(=O)[C@@H]1CC(c2ccc(C)cc2)=NO1. The summed E-state index contributed by atoms with van der Waals surface area (Å²) >= 11 is 0. The summed E-state index contributed by atoms with van der Waals surface area (Å²) in [6.07, 6.45) is 0.893. The fourth-order valence-corrected chi connectivity index (χ4v) is 3.13. The molecule has 2 aromatic rings. The van der Waals surface area contributed by atoms with Crippen LogP contribution in [-0.2, 0) is 20.8 Å². The summed E-state index contributed by atoms with van der Waals surface area (Å²) in [4.78, 5) is 30.7. The van der Waals surface area contributed by atoms with Gasteiger partial charge in [-0.15, -0.1) is 0 Å². The number of nitrogens with one attached hydrogen (secondary N) is 2. The molecule has 0 saturated carbocycles. The van der Waals surface area contributed by atoms with Crippen molar-refractivity contribution in [3.05, 3.63) is 71.3 Å². The van der Waals surface area contributed by atoms with Gasteiger partial charge < -0.3 is 15.5 Å². The lowest BCUT2D eigenvalue weighted by atomic mass is 10.0. The number of benzene rings is 2. The van der Waals surface area contributed by atoms with Gasteiger partial charge in [-0.25, -0.2) is 0 Å². The molecular weight excluding hydrogens is 366 g/mol. The molecule has 0 aromatic heterocycles. The van der Waals surface area contributed by atoms with Gasteiger partial charge in [0.05, 0.1) is 5.71 Å². The fourth-order valence-electron chi connectivity index (χ4n) is 3.13. The molecule has 3 rings (SSSR count). The summed E-state index contributed by atoms with van der Waals surface area (Å²) < 4.78 is 0. The maximum atomic E-state index is 12.8. The van der Waals surface area contributed by atoms with E-state index in [0.717, 1.165) is 28.8 Å². The maximum absolute atomic E-state index is 12.8. The summed E-state index contributed by atoms with van der Waals surface area (Å²) in [6.45, 7) is 4.57. The van der Waals surface area contributed by atoms with Crippen molar-refractivity contribution in [2.75, 3.05) is 6.54 Å². The second kappa shape index (κ2) is 9.87. The maximum Gasteiger partial charge on any atom is 0.265 e. The third-order valence-corrected chi connectivity index (χ3v) is 4.81. The summed E-state index contributed by atoms with van der Waals surface area (Å²) in [5, 5.41) is 9.79. The van der Waals surface area contributed by atoms with E-state index in [1.54, 1.807) is 0 Å². The normalized spacial score (nSPS) is 16.5. The van der Waals surface area contributed by atoms with Gasteiger partial charge in [-0.2, -0.15) is 0 Å². The van der Waals surface area contributed by atoms with Gasteiger partial charge in [0.2, 0.25) is 12.0 Å². The number of oxime groups is 1.